The van der Waals surface area contributed by atoms with E-state index in [2.05, 4.69) is 31.0 Å². The van der Waals surface area contributed by atoms with Crippen molar-refractivity contribution in [2.24, 2.45) is 21.7 Å². The molecule has 2 aromatic rings. The van der Waals surface area contributed by atoms with Crippen LogP contribution in [0, 0.1) is 6.92 Å². The molecule has 0 bridgehead atoms. The van der Waals surface area contributed by atoms with Gasteiger partial charge in [0.15, 0.2) is 0 Å². The van der Waals surface area contributed by atoms with E-state index in [1.54, 1.807) is 18.2 Å². The number of nitrogens with zero attached hydrogens (tertiary/aromatic N) is 5. The number of aromatic nitrogens is 2. The molecule has 1 aromatic heterocycles. The second-order valence-corrected chi connectivity index (χ2v) is 8.75. The summed E-state index contributed by atoms with van der Waals surface area (Å²) in [5, 5.41) is 22.5. The minimum atomic E-state index is -1.03. The summed E-state index contributed by atoms with van der Waals surface area (Å²) in [7, 11) is 0. The maximum absolute atomic E-state index is 12.8. The Labute approximate surface area is 207 Å². The molecule has 3 rings (SSSR count). The molecule has 1 aliphatic rings. The van der Waals surface area contributed by atoms with E-state index in [0.717, 1.165) is 16.9 Å². The number of urea groups is 2. The molecule has 0 fully saturated rings. The topological polar surface area (TPSA) is 210 Å². The monoisotopic (exact) mass is 520 g/mol. The van der Waals surface area contributed by atoms with Crippen molar-refractivity contribution in [3.05, 3.63) is 34.3 Å². The van der Waals surface area contributed by atoms with E-state index in [-0.39, 0.29) is 23.1 Å². The van der Waals surface area contributed by atoms with Crippen LogP contribution < -0.4 is 27.5 Å². The number of rotatable bonds is 7. The molecule has 0 saturated carbocycles. The Morgan fingerprint density at radius 3 is 2.63 bits per heavy atom. The first-order valence-corrected chi connectivity index (χ1v) is 11.2. The number of carbonyl (C=O) groups excluding carboxylic acids is 4. The van der Waals surface area contributed by atoms with Gasteiger partial charge in [-0.05, 0) is 37.1 Å². The molecule has 0 saturated heterocycles. The molecule has 1 unspecified atom stereocenters. The number of imide groups is 1. The van der Waals surface area contributed by atoms with Crippen LogP contribution in [-0.2, 0) is 9.59 Å². The first-order valence-electron chi connectivity index (χ1n) is 9.99. The minimum absolute atomic E-state index is 0.127. The molecular weight excluding hydrogens is 500 g/mol. The second-order valence-electron chi connectivity index (χ2n) is 7.36. The average Bonchev–Trinajstić information content (AvgIpc) is 3.21. The number of hydrogen-bond acceptors (Lipinski definition) is 10. The molecule has 1 aromatic carbocycles. The van der Waals surface area contributed by atoms with Crippen molar-refractivity contribution >= 4 is 68.5 Å². The number of hydrazone groups is 2. The van der Waals surface area contributed by atoms with Gasteiger partial charge in [-0.25, -0.2) is 15.0 Å². The quantitative estimate of drug-likeness (QED) is 0.267. The Morgan fingerprint density at radius 2 is 1.97 bits per heavy atom. The average molecular weight is 521 g/mol. The Morgan fingerprint density at radius 1 is 1.26 bits per heavy atom. The second kappa shape index (κ2) is 10.9. The predicted octanol–water partition coefficient (Wildman–Crippen LogP) is 1.37. The van der Waals surface area contributed by atoms with Crippen molar-refractivity contribution in [1.29, 1.82) is 0 Å². The fourth-order valence-electron chi connectivity index (χ4n) is 2.98. The maximum Gasteiger partial charge on any atom is 0.342 e. The van der Waals surface area contributed by atoms with Gasteiger partial charge in [-0.3, -0.25) is 9.59 Å². The van der Waals surface area contributed by atoms with Crippen molar-refractivity contribution in [3.63, 3.8) is 0 Å². The summed E-state index contributed by atoms with van der Waals surface area (Å²) in [5.74, 6) is -1.12. The lowest BCUT2D eigenvalue weighted by molar-refractivity contribution is -0.129. The first-order chi connectivity index (χ1) is 16.5. The van der Waals surface area contributed by atoms with Gasteiger partial charge in [-0.15, -0.1) is 15.2 Å². The number of carbonyl (C=O) groups is 4. The Balaban J connectivity index is 1.71. The van der Waals surface area contributed by atoms with Crippen LogP contribution in [0.3, 0.4) is 0 Å². The zero-order valence-electron chi connectivity index (χ0n) is 18.5. The van der Waals surface area contributed by atoms with E-state index >= 15 is 0 Å². The normalized spacial score (nSPS) is 15.9. The Hall–Kier alpha value is -4.11. The van der Waals surface area contributed by atoms with Gasteiger partial charge in [0.25, 0.3) is 5.91 Å². The van der Waals surface area contributed by atoms with Gasteiger partial charge < -0.3 is 22.1 Å². The standard InChI is InChI=1S/C19H21ClN10O4S/c1-8-5-10(3-4-11(8)20)12-7-13(15(32)30(29-12)17(22)34)23-18-27-28-19(35-18)24-14(31)6-9(2)25-26-16(21)33/h3-5,13H,6-7H2,1-2H3,(H2,22,34)(H,23,27)(H3,21,26,33)(H,24,28,31). The number of hydrogen-bond donors (Lipinski definition) is 5. The number of nitrogens with one attached hydrogen (secondary N) is 3. The van der Waals surface area contributed by atoms with Gasteiger partial charge in [0.1, 0.15) is 6.04 Å². The number of benzene rings is 1. The molecule has 0 radical (unpaired) electrons. The van der Waals surface area contributed by atoms with E-state index in [9.17, 15) is 19.2 Å². The van der Waals surface area contributed by atoms with Crippen LogP contribution in [-0.4, -0.2) is 56.5 Å². The van der Waals surface area contributed by atoms with Crippen LogP contribution in [0.1, 0.15) is 30.9 Å². The Bertz CT molecular complexity index is 1240. The van der Waals surface area contributed by atoms with Gasteiger partial charge >= 0.3 is 12.1 Å². The molecular formula is C19H21ClN10O4S. The third-order valence-corrected chi connectivity index (χ3v) is 5.76. The van der Waals surface area contributed by atoms with Gasteiger partial charge in [-0.2, -0.15) is 10.2 Å². The highest BCUT2D eigenvalue weighted by molar-refractivity contribution is 7.19. The van der Waals surface area contributed by atoms with E-state index in [1.165, 1.54) is 6.92 Å². The summed E-state index contributed by atoms with van der Waals surface area (Å²) in [6.07, 6.45) is 0.00508. The lowest BCUT2D eigenvalue weighted by atomic mass is 9.99. The fourth-order valence-corrected chi connectivity index (χ4v) is 3.81. The van der Waals surface area contributed by atoms with E-state index in [0.29, 0.717) is 27.0 Å². The van der Waals surface area contributed by atoms with Crippen LogP contribution in [0.2, 0.25) is 5.02 Å². The van der Waals surface area contributed by atoms with Crippen LogP contribution in [0.25, 0.3) is 0 Å². The molecule has 6 amide bonds. The van der Waals surface area contributed by atoms with Crippen LogP contribution in [0.15, 0.2) is 28.4 Å². The lowest BCUT2D eigenvalue weighted by Crippen LogP contribution is -2.50. The van der Waals surface area contributed by atoms with Gasteiger partial charge in [0.2, 0.25) is 16.2 Å². The fraction of sp³-hybridized carbons (Fsp3) is 0.263. The summed E-state index contributed by atoms with van der Waals surface area (Å²) in [4.78, 5) is 47.4. The first kappa shape index (κ1) is 25.5. The third-order valence-electron chi connectivity index (χ3n) is 4.57. The number of aryl methyl sites for hydroxylation is 1. The summed E-state index contributed by atoms with van der Waals surface area (Å²) < 4.78 is 0. The molecule has 1 aliphatic heterocycles. The molecule has 35 heavy (non-hydrogen) atoms. The van der Waals surface area contributed by atoms with Crippen molar-refractivity contribution in [2.75, 3.05) is 10.6 Å². The lowest BCUT2D eigenvalue weighted by Gasteiger charge is -2.27. The van der Waals surface area contributed by atoms with Crippen LogP contribution in [0.4, 0.5) is 19.9 Å². The van der Waals surface area contributed by atoms with Crippen molar-refractivity contribution in [2.45, 2.75) is 32.7 Å². The molecule has 184 valence electrons. The largest absolute Gasteiger partial charge is 0.350 e. The molecule has 0 spiro atoms. The van der Waals surface area contributed by atoms with Crippen molar-refractivity contribution < 1.29 is 19.2 Å². The van der Waals surface area contributed by atoms with Gasteiger partial charge in [0, 0.05) is 17.2 Å². The highest BCUT2D eigenvalue weighted by atomic mass is 35.5. The highest BCUT2D eigenvalue weighted by Crippen LogP contribution is 2.25. The highest BCUT2D eigenvalue weighted by Gasteiger charge is 2.35. The summed E-state index contributed by atoms with van der Waals surface area (Å²) in [6, 6.07) is 2.41. The van der Waals surface area contributed by atoms with Gasteiger partial charge in [-0.1, -0.05) is 29.0 Å². The summed E-state index contributed by atoms with van der Waals surface area (Å²) in [5.41, 5.74) is 14.5. The van der Waals surface area contributed by atoms with Crippen LogP contribution >= 0.6 is 22.9 Å². The van der Waals surface area contributed by atoms with Crippen molar-refractivity contribution in [3.8, 4) is 0 Å². The smallest absolute Gasteiger partial charge is 0.342 e. The SMILES string of the molecule is CC(CC(=O)Nc1nnc(NC2CC(c3ccc(Cl)c(C)c3)=NN(C(N)=O)C2=O)s1)=NNC(N)=O. The van der Waals surface area contributed by atoms with E-state index in [1.807, 2.05) is 12.3 Å². The zero-order chi connectivity index (χ0) is 25.7. The molecule has 16 heteroatoms. The number of primary amides is 2. The number of amides is 6. The zero-order valence-corrected chi connectivity index (χ0v) is 20.1. The van der Waals surface area contributed by atoms with Crippen LogP contribution in [0.5, 0.6) is 0 Å². The Kier molecular flexibility index (Phi) is 7.93. The molecule has 2 heterocycles. The minimum Gasteiger partial charge on any atom is -0.350 e. The number of anilines is 2. The predicted molar refractivity (Wildman–Crippen MR) is 130 cm³/mol. The third kappa shape index (κ3) is 6.70. The summed E-state index contributed by atoms with van der Waals surface area (Å²) >= 11 is 7.06. The van der Waals surface area contributed by atoms with Gasteiger partial charge in [0.05, 0.1) is 12.1 Å². The molecule has 1 atom stereocenters. The maximum atomic E-state index is 12.8. The van der Waals surface area contributed by atoms with E-state index in [4.69, 9.17) is 23.1 Å². The number of nitrogens with two attached hydrogens (primary N) is 2. The summed E-state index contributed by atoms with van der Waals surface area (Å²) in [6.45, 7) is 3.35. The number of halogens is 1. The molecule has 14 nitrogen and oxygen atoms in total. The van der Waals surface area contributed by atoms with Crippen molar-refractivity contribution in [1.82, 2.24) is 20.6 Å². The van der Waals surface area contributed by atoms with E-state index < -0.39 is 29.9 Å². The molecule has 7 N–H and O–H groups in total. The molecule has 0 aliphatic carbocycles.